The molecular weight excluding hydrogens is 248 g/mol. The summed E-state index contributed by atoms with van der Waals surface area (Å²) in [4.78, 5) is 34.5. The van der Waals surface area contributed by atoms with Crippen LogP contribution in [0.2, 0.25) is 0 Å². The third kappa shape index (κ3) is 2.90. The molecule has 1 aliphatic rings. The Hall–Kier alpha value is -2.37. The molecule has 19 heavy (non-hydrogen) atoms. The smallest absolute Gasteiger partial charge is 0.255 e. The molecule has 3 amide bonds. The van der Waals surface area contributed by atoms with Gasteiger partial charge in [-0.2, -0.15) is 0 Å². The van der Waals surface area contributed by atoms with Crippen molar-refractivity contribution < 1.29 is 19.5 Å². The van der Waals surface area contributed by atoms with Gasteiger partial charge in [0.2, 0.25) is 11.8 Å². The van der Waals surface area contributed by atoms with E-state index in [0.29, 0.717) is 0 Å². The quantitative estimate of drug-likeness (QED) is 0.665. The Morgan fingerprint density at radius 1 is 1.42 bits per heavy atom. The monoisotopic (exact) mass is 262 g/mol. The number of hydrogen-bond donors (Lipinski definition) is 3. The Labute approximate surface area is 109 Å². The Bertz CT molecular complexity index is 554. The maximum absolute atomic E-state index is 12.0. The maximum Gasteiger partial charge on any atom is 0.255 e. The Kier molecular flexibility index (Phi) is 3.50. The number of rotatable bonds is 2. The molecule has 6 nitrogen and oxygen atoms in total. The molecule has 1 fully saturated rings. The van der Waals surface area contributed by atoms with Gasteiger partial charge in [0.1, 0.15) is 11.8 Å². The van der Waals surface area contributed by atoms with Gasteiger partial charge < -0.3 is 10.4 Å². The van der Waals surface area contributed by atoms with E-state index in [1.165, 1.54) is 12.1 Å². The molecule has 0 saturated carbocycles. The SMILES string of the molecule is Cc1ccc(O)c(C(=O)NC2CCC(=O)NC2=O)c1. The summed E-state index contributed by atoms with van der Waals surface area (Å²) in [6, 6.07) is 3.90. The van der Waals surface area contributed by atoms with Gasteiger partial charge >= 0.3 is 0 Å². The van der Waals surface area contributed by atoms with Crippen molar-refractivity contribution >= 4 is 17.7 Å². The van der Waals surface area contributed by atoms with E-state index < -0.39 is 17.9 Å². The lowest BCUT2D eigenvalue weighted by molar-refractivity contribution is -0.134. The fraction of sp³-hybridized carbons (Fsp3) is 0.308. The van der Waals surface area contributed by atoms with Gasteiger partial charge in [-0.3, -0.25) is 19.7 Å². The van der Waals surface area contributed by atoms with Gasteiger partial charge in [-0.15, -0.1) is 0 Å². The van der Waals surface area contributed by atoms with Crippen LogP contribution in [0, 0.1) is 6.92 Å². The van der Waals surface area contributed by atoms with Crippen LogP contribution in [-0.4, -0.2) is 28.9 Å². The second-order valence-electron chi connectivity index (χ2n) is 4.50. The lowest BCUT2D eigenvalue weighted by atomic mass is 10.0. The topological polar surface area (TPSA) is 95.5 Å². The van der Waals surface area contributed by atoms with E-state index in [-0.39, 0.29) is 30.1 Å². The van der Waals surface area contributed by atoms with Crippen LogP contribution in [0.1, 0.15) is 28.8 Å². The van der Waals surface area contributed by atoms with Gasteiger partial charge in [-0.25, -0.2) is 0 Å². The molecule has 0 bridgehead atoms. The van der Waals surface area contributed by atoms with Crippen LogP contribution in [0.5, 0.6) is 5.75 Å². The van der Waals surface area contributed by atoms with E-state index in [0.717, 1.165) is 5.56 Å². The van der Waals surface area contributed by atoms with Gasteiger partial charge in [-0.05, 0) is 25.5 Å². The molecule has 0 radical (unpaired) electrons. The zero-order valence-corrected chi connectivity index (χ0v) is 10.4. The summed E-state index contributed by atoms with van der Waals surface area (Å²) in [6.45, 7) is 1.79. The largest absolute Gasteiger partial charge is 0.507 e. The number of carbonyl (C=O) groups excluding carboxylic acids is 3. The molecule has 0 aromatic heterocycles. The highest BCUT2D eigenvalue weighted by Gasteiger charge is 2.28. The molecule has 1 unspecified atom stereocenters. The molecule has 1 aliphatic heterocycles. The van der Waals surface area contributed by atoms with Crippen LogP contribution in [0.4, 0.5) is 0 Å². The number of hydrogen-bond acceptors (Lipinski definition) is 4. The zero-order valence-electron chi connectivity index (χ0n) is 10.4. The van der Waals surface area contributed by atoms with E-state index >= 15 is 0 Å². The predicted octanol–water partition coefficient (Wildman–Crippen LogP) is 0.236. The molecule has 1 atom stereocenters. The number of aromatic hydroxyl groups is 1. The summed E-state index contributed by atoms with van der Waals surface area (Å²) in [7, 11) is 0. The first-order chi connectivity index (χ1) is 8.97. The van der Waals surface area contributed by atoms with Gasteiger partial charge in [0.05, 0.1) is 5.56 Å². The predicted molar refractivity (Wildman–Crippen MR) is 66.5 cm³/mol. The molecule has 0 spiro atoms. The second-order valence-corrected chi connectivity index (χ2v) is 4.50. The van der Waals surface area contributed by atoms with Crippen LogP contribution in [-0.2, 0) is 9.59 Å². The zero-order chi connectivity index (χ0) is 14.0. The molecule has 1 aromatic rings. The lowest BCUT2D eigenvalue weighted by Crippen LogP contribution is -2.52. The van der Waals surface area contributed by atoms with E-state index in [9.17, 15) is 19.5 Å². The summed E-state index contributed by atoms with van der Waals surface area (Å²) in [6.07, 6.45) is 0.458. The Balaban J connectivity index is 2.11. The molecule has 2 rings (SSSR count). The molecule has 0 aliphatic carbocycles. The Morgan fingerprint density at radius 3 is 2.84 bits per heavy atom. The van der Waals surface area contributed by atoms with E-state index in [1.807, 2.05) is 0 Å². The maximum atomic E-state index is 12.0. The number of benzene rings is 1. The Morgan fingerprint density at radius 2 is 2.16 bits per heavy atom. The van der Waals surface area contributed by atoms with Crippen molar-refractivity contribution in [3.05, 3.63) is 29.3 Å². The standard InChI is InChI=1S/C13H14N2O4/c1-7-2-4-10(16)8(6-7)12(18)14-9-3-5-11(17)15-13(9)19/h2,4,6,9,16H,3,5H2,1H3,(H,14,18)(H,15,17,19). The van der Waals surface area contributed by atoms with E-state index in [1.54, 1.807) is 13.0 Å². The number of piperidine rings is 1. The summed E-state index contributed by atoms with van der Waals surface area (Å²) in [5.41, 5.74) is 0.941. The molecule has 6 heteroatoms. The number of nitrogens with one attached hydrogen (secondary N) is 2. The van der Waals surface area contributed by atoms with Crippen LogP contribution in [0.3, 0.4) is 0 Å². The normalized spacial score (nSPS) is 18.9. The van der Waals surface area contributed by atoms with Gasteiger partial charge in [-0.1, -0.05) is 11.6 Å². The number of amides is 3. The van der Waals surface area contributed by atoms with Crippen molar-refractivity contribution in [1.29, 1.82) is 0 Å². The van der Waals surface area contributed by atoms with Crippen molar-refractivity contribution in [2.75, 3.05) is 0 Å². The van der Waals surface area contributed by atoms with E-state index in [4.69, 9.17) is 0 Å². The molecule has 3 N–H and O–H groups in total. The molecule has 1 aromatic carbocycles. The average Bonchev–Trinajstić information content (AvgIpc) is 2.35. The van der Waals surface area contributed by atoms with Crippen molar-refractivity contribution in [3.8, 4) is 5.75 Å². The number of aryl methyl sites for hydroxylation is 1. The van der Waals surface area contributed by atoms with Gasteiger partial charge in [0.15, 0.2) is 0 Å². The first kappa shape index (κ1) is 13.1. The number of carbonyl (C=O) groups is 3. The summed E-state index contributed by atoms with van der Waals surface area (Å²) >= 11 is 0. The van der Waals surface area contributed by atoms with Gasteiger partial charge in [0, 0.05) is 6.42 Å². The third-order valence-corrected chi connectivity index (χ3v) is 2.94. The molecule has 1 saturated heterocycles. The highest BCUT2D eigenvalue weighted by Crippen LogP contribution is 2.18. The molecular formula is C13H14N2O4. The minimum Gasteiger partial charge on any atom is -0.507 e. The van der Waals surface area contributed by atoms with Crippen molar-refractivity contribution in [2.24, 2.45) is 0 Å². The summed E-state index contributed by atoms with van der Waals surface area (Å²) in [5, 5.41) is 14.3. The van der Waals surface area contributed by atoms with Crippen molar-refractivity contribution in [3.63, 3.8) is 0 Å². The fourth-order valence-electron chi connectivity index (χ4n) is 1.90. The first-order valence-electron chi connectivity index (χ1n) is 5.91. The van der Waals surface area contributed by atoms with Crippen LogP contribution >= 0.6 is 0 Å². The lowest BCUT2D eigenvalue weighted by Gasteiger charge is -2.22. The van der Waals surface area contributed by atoms with Crippen LogP contribution in [0.15, 0.2) is 18.2 Å². The summed E-state index contributed by atoms with van der Waals surface area (Å²) < 4.78 is 0. The number of phenolic OH excluding ortho intramolecular Hbond substituents is 1. The highest BCUT2D eigenvalue weighted by molar-refractivity contribution is 6.04. The first-order valence-corrected chi connectivity index (χ1v) is 5.91. The highest BCUT2D eigenvalue weighted by atomic mass is 16.3. The second kappa shape index (κ2) is 5.09. The number of imide groups is 1. The van der Waals surface area contributed by atoms with Gasteiger partial charge in [0.25, 0.3) is 5.91 Å². The molecule has 1 heterocycles. The van der Waals surface area contributed by atoms with Crippen LogP contribution < -0.4 is 10.6 Å². The van der Waals surface area contributed by atoms with Crippen molar-refractivity contribution in [1.82, 2.24) is 10.6 Å². The summed E-state index contributed by atoms with van der Waals surface area (Å²) in [5.74, 6) is -1.53. The minimum atomic E-state index is -0.745. The number of phenols is 1. The fourth-order valence-corrected chi connectivity index (χ4v) is 1.90. The average molecular weight is 262 g/mol. The van der Waals surface area contributed by atoms with Crippen molar-refractivity contribution in [2.45, 2.75) is 25.8 Å². The van der Waals surface area contributed by atoms with Crippen LogP contribution in [0.25, 0.3) is 0 Å². The third-order valence-electron chi connectivity index (χ3n) is 2.94. The molecule has 100 valence electrons. The van der Waals surface area contributed by atoms with E-state index in [2.05, 4.69) is 10.6 Å². The minimum absolute atomic E-state index is 0.115.